The lowest BCUT2D eigenvalue weighted by molar-refractivity contribution is 0.0295. The van der Waals surface area contributed by atoms with Crippen LogP contribution in [0.1, 0.15) is 22.9 Å². The lowest BCUT2D eigenvalue weighted by Gasteiger charge is -2.35. The van der Waals surface area contributed by atoms with Gasteiger partial charge in [0, 0.05) is 12.1 Å². The second kappa shape index (κ2) is 8.91. The van der Waals surface area contributed by atoms with Crippen molar-refractivity contribution in [3.05, 3.63) is 95.6 Å². The molecule has 0 fully saturated rings. The third kappa shape index (κ3) is 4.78. The first-order chi connectivity index (χ1) is 14.9. The van der Waals surface area contributed by atoms with Gasteiger partial charge in [0.15, 0.2) is 6.23 Å². The van der Waals surface area contributed by atoms with Crippen molar-refractivity contribution in [2.45, 2.75) is 19.1 Å². The number of carbonyl (C=O) groups excluding carboxylic acids is 1. The highest BCUT2D eigenvalue weighted by Gasteiger charge is 2.37. The number of nitrogens with two attached hydrogens (primary N) is 1. The number of amides is 1. The summed E-state index contributed by atoms with van der Waals surface area (Å²) in [5.41, 5.74) is 9.96. The molecule has 1 amide bonds. The largest absolute Gasteiger partial charge is 0.425 e. The van der Waals surface area contributed by atoms with Crippen molar-refractivity contribution < 1.29 is 17.9 Å². The monoisotopic (exact) mass is 436 g/mol. The minimum Gasteiger partial charge on any atom is -0.425 e. The third-order valence-electron chi connectivity index (χ3n) is 5.48. The van der Waals surface area contributed by atoms with Gasteiger partial charge in [-0.1, -0.05) is 78.9 Å². The quantitative estimate of drug-likeness (QED) is 0.635. The number of fused-ring (bicyclic) bond motifs is 1. The van der Waals surface area contributed by atoms with Crippen molar-refractivity contribution in [2.24, 2.45) is 5.73 Å². The first-order valence-corrected chi connectivity index (χ1v) is 11.7. The van der Waals surface area contributed by atoms with E-state index >= 15 is 0 Å². The van der Waals surface area contributed by atoms with Crippen LogP contribution in [0.3, 0.4) is 0 Å². The Labute approximate surface area is 182 Å². The molecule has 160 valence electrons. The average Bonchev–Trinajstić information content (AvgIpc) is 2.78. The number of aryl methyl sites for hydroxylation is 1. The SMILES string of the molecule is NC(=O)O[C@@H]1c2ccccc2CCN1S(=O)(=O)CCc1ccc(-c2ccccc2)cc1. The number of carbonyl (C=O) groups is 1. The zero-order chi connectivity index (χ0) is 21.8. The van der Waals surface area contributed by atoms with Crippen molar-refractivity contribution in [3.8, 4) is 11.1 Å². The second-order valence-corrected chi connectivity index (χ2v) is 9.52. The van der Waals surface area contributed by atoms with Crippen LogP contribution in [-0.2, 0) is 27.6 Å². The summed E-state index contributed by atoms with van der Waals surface area (Å²) in [6.45, 7) is 0.240. The van der Waals surface area contributed by atoms with Gasteiger partial charge in [0.2, 0.25) is 10.0 Å². The fourth-order valence-corrected chi connectivity index (χ4v) is 5.43. The average molecular weight is 437 g/mol. The highest BCUT2D eigenvalue weighted by atomic mass is 32.2. The molecule has 0 aliphatic carbocycles. The smallest absolute Gasteiger partial charge is 0.406 e. The van der Waals surface area contributed by atoms with Gasteiger partial charge in [0.25, 0.3) is 0 Å². The lowest BCUT2D eigenvalue weighted by atomic mass is 10.00. The van der Waals surface area contributed by atoms with Gasteiger partial charge >= 0.3 is 6.09 Å². The molecule has 0 saturated heterocycles. The maximum Gasteiger partial charge on any atom is 0.406 e. The zero-order valence-electron chi connectivity index (χ0n) is 17.0. The van der Waals surface area contributed by atoms with E-state index in [9.17, 15) is 13.2 Å². The number of rotatable bonds is 6. The Kier molecular flexibility index (Phi) is 6.06. The fraction of sp³-hybridized carbons (Fsp3) is 0.208. The molecule has 7 heteroatoms. The van der Waals surface area contributed by atoms with Gasteiger partial charge in [0.1, 0.15) is 0 Å². The predicted octanol–water partition coefficient (Wildman–Crippen LogP) is 3.88. The molecule has 4 rings (SSSR count). The number of ether oxygens (including phenoxy) is 1. The molecule has 0 radical (unpaired) electrons. The van der Waals surface area contributed by atoms with E-state index in [0.29, 0.717) is 18.4 Å². The van der Waals surface area contributed by atoms with Crippen LogP contribution in [0.2, 0.25) is 0 Å². The zero-order valence-corrected chi connectivity index (χ0v) is 17.8. The van der Waals surface area contributed by atoms with Crippen LogP contribution >= 0.6 is 0 Å². The number of hydrogen-bond donors (Lipinski definition) is 1. The Bertz CT molecular complexity index is 1160. The molecule has 0 spiro atoms. The molecule has 0 saturated carbocycles. The molecule has 6 nitrogen and oxygen atoms in total. The van der Waals surface area contributed by atoms with Crippen molar-refractivity contribution in [1.82, 2.24) is 4.31 Å². The highest BCUT2D eigenvalue weighted by molar-refractivity contribution is 7.89. The summed E-state index contributed by atoms with van der Waals surface area (Å²) < 4.78 is 32.8. The van der Waals surface area contributed by atoms with Crippen molar-refractivity contribution in [3.63, 3.8) is 0 Å². The highest BCUT2D eigenvalue weighted by Crippen LogP contribution is 2.33. The van der Waals surface area contributed by atoms with Crippen LogP contribution < -0.4 is 5.73 Å². The van der Waals surface area contributed by atoms with Crippen molar-refractivity contribution in [2.75, 3.05) is 12.3 Å². The predicted molar refractivity (Wildman–Crippen MR) is 120 cm³/mol. The first kappa shape index (κ1) is 21.1. The van der Waals surface area contributed by atoms with Crippen LogP contribution in [0.25, 0.3) is 11.1 Å². The Morgan fingerprint density at radius 3 is 2.29 bits per heavy atom. The van der Waals surface area contributed by atoms with Gasteiger partial charge in [-0.15, -0.1) is 0 Å². The lowest BCUT2D eigenvalue weighted by Crippen LogP contribution is -2.43. The van der Waals surface area contributed by atoms with E-state index in [-0.39, 0.29) is 12.3 Å². The summed E-state index contributed by atoms with van der Waals surface area (Å²) in [6.07, 6.45) is -1.12. The van der Waals surface area contributed by atoms with Crippen LogP contribution in [0.5, 0.6) is 0 Å². The summed E-state index contributed by atoms with van der Waals surface area (Å²) >= 11 is 0. The third-order valence-corrected chi connectivity index (χ3v) is 7.29. The summed E-state index contributed by atoms with van der Waals surface area (Å²) in [7, 11) is -3.68. The molecule has 3 aromatic carbocycles. The van der Waals surface area contributed by atoms with Crippen LogP contribution in [0.15, 0.2) is 78.9 Å². The minimum atomic E-state index is -3.68. The van der Waals surface area contributed by atoms with E-state index < -0.39 is 22.3 Å². The van der Waals surface area contributed by atoms with Gasteiger partial charge < -0.3 is 10.5 Å². The molecule has 3 aromatic rings. The van der Waals surface area contributed by atoms with E-state index in [1.807, 2.05) is 66.7 Å². The number of primary amides is 1. The van der Waals surface area contributed by atoms with E-state index in [1.54, 1.807) is 12.1 Å². The van der Waals surface area contributed by atoms with Crippen LogP contribution in [0.4, 0.5) is 4.79 Å². The Morgan fingerprint density at radius 2 is 1.58 bits per heavy atom. The molecule has 0 aromatic heterocycles. The van der Waals surface area contributed by atoms with Crippen molar-refractivity contribution in [1.29, 1.82) is 0 Å². The molecule has 1 aliphatic heterocycles. The standard InChI is InChI=1S/C24H24N2O4S/c25-24(27)30-23-22-9-5-4-8-21(22)14-16-26(23)31(28,29)17-15-18-10-12-20(13-11-18)19-6-2-1-3-7-19/h1-13,23H,14-17H2,(H2,25,27)/t23-/m1/s1. The summed E-state index contributed by atoms with van der Waals surface area (Å²) in [5, 5.41) is 0. The maximum absolute atomic E-state index is 13.1. The van der Waals surface area contributed by atoms with E-state index in [2.05, 4.69) is 0 Å². The molecule has 0 unspecified atom stereocenters. The van der Waals surface area contributed by atoms with Crippen LogP contribution in [-0.4, -0.2) is 31.1 Å². The van der Waals surface area contributed by atoms with E-state index in [1.165, 1.54) is 4.31 Å². The molecule has 1 heterocycles. The molecule has 1 atom stereocenters. The number of sulfonamides is 1. The normalized spacial score (nSPS) is 16.5. The molecule has 0 bridgehead atoms. The Balaban J connectivity index is 1.50. The summed E-state index contributed by atoms with van der Waals surface area (Å²) in [5.74, 6) is -0.0848. The fourth-order valence-electron chi connectivity index (χ4n) is 3.88. The Morgan fingerprint density at radius 1 is 0.935 bits per heavy atom. The molecular weight excluding hydrogens is 412 g/mol. The van der Waals surface area contributed by atoms with Gasteiger partial charge in [-0.05, 0) is 35.1 Å². The second-order valence-electron chi connectivity index (χ2n) is 7.48. The van der Waals surface area contributed by atoms with Gasteiger partial charge in [-0.2, -0.15) is 4.31 Å². The maximum atomic E-state index is 13.1. The first-order valence-electron chi connectivity index (χ1n) is 10.1. The Hall–Kier alpha value is -3.16. The minimum absolute atomic E-state index is 0.0848. The van der Waals surface area contributed by atoms with Gasteiger partial charge in [-0.25, -0.2) is 13.2 Å². The van der Waals surface area contributed by atoms with Crippen LogP contribution in [0, 0.1) is 0 Å². The molecule has 31 heavy (non-hydrogen) atoms. The molecule has 2 N–H and O–H groups in total. The number of benzene rings is 3. The van der Waals surface area contributed by atoms with Gasteiger partial charge in [-0.3, -0.25) is 0 Å². The van der Waals surface area contributed by atoms with Crippen molar-refractivity contribution >= 4 is 16.1 Å². The number of nitrogens with zero attached hydrogens (tertiary/aromatic N) is 1. The van der Waals surface area contributed by atoms with E-state index in [4.69, 9.17) is 10.5 Å². The summed E-state index contributed by atoms with van der Waals surface area (Å²) in [6, 6.07) is 25.2. The summed E-state index contributed by atoms with van der Waals surface area (Å²) in [4.78, 5) is 11.5. The number of hydrogen-bond acceptors (Lipinski definition) is 4. The van der Waals surface area contributed by atoms with Gasteiger partial charge in [0.05, 0.1) is 5.75 Å². The van der Waals surface area contributed by atoms with E-state index in [0.717, 1.165) is 22.3 Å². The molecule has 1 aliphatic rings. The molecular formula is C24H24N2O4S. The topological polar surface area (TPSA) is 89.7 Å².